The van der Waals surface area contributed by atoms with E-state index >= 15 is 0 Å². The van der Waals surface area contributed by atoms with E-state index in [4.69, 9.17) is 5.73 Å². The van der Waals surface area contributed by atoms with Gasteiger partial charge in [0, 0.05) is 31.0 Å². The Morgan fingerprint density at radius 3 is 2.30 bits per heavy atom. The molecule has 0 amide bonds. The van der Waals surface area contributed by atoms with Crippen LogP contribution in [0.25, 0.3) is 0 Å². The molecule has 0 aromatic heterocycles. The number of allylic oxidation sites excluding steroid dienone is 2. The molecule has 2 atom stereocenters. The van der Waals surface area contributed by atoms with Crippen molar-refractivity contribution in [3.05, 3.63) is 58.3 Å². The zero-order chi connectivity index (χ0) is 19.8. The summed E-state index contributed by atoms with van der Waals surface area (Å²) in [6.45, 7) is 7.67. The fourth-order valence-electron chi connectivity index (χ4n) is 4.27. The Kier molecular flexibility index (Phi) is 4.79. The summed E-state index contributed by atoms with van der Waals surface area (Å²) in [6.07, 6.45) is 2.04. The quantitative estimate of drug-likeness (QED) is 0.876. The monoisotopic (exact) mass is 357 g/mol. The van der Waals surface area contributed by atoms with Crippen molar-refractivity contribution in [2.45, 2.75) is 32.7 Å². The predicted molar refractivity (Wildman–Crippen MR) is 103 cm³/mol. The van der Waals surface area contributed by atoms with Crippen LogP contribution >= 0.6 is 0 Å². The molecule has 2 N–H and O–H groups in total. The van der Waals surface area contributed by atoms with Gasteiger partial charge < -0.3 is 5.73 Å². The lowest BCUT2D eigenvalue weighted by Crippen LogP contribution is -2.49. The molecule has 1 aliphatic carbocycles. The molecule has 5 heteroatoms. The van der Waals surface area contributed by atoms with Gasteiger partial charge in [0.2, 0.25) is 0 Å². The van der Waals surface area contributed by atoms with Crippen molar-refractivity contribution in [2.24, 2.45) is 17.1 Å². The highest BCUT2D eigenvalue weighted by atomic mass is 15.2. The van der Waals surface area contributed by atoms with Crippen LogP contribution in [0, 0.1) is 52.2 Å². The second-order valence-corrected chi connectivity index (χ2v) is 7.63. The molecule has 2 aliphatic rings. The fraction of sp³-hybridized carbons (Fsp3) is 0.409. The lowest BCUT2D eigenvalue weighted by molar-refractivity contribution is 0.174. The molecule has 0 fully saturated rings. The number of nitrogens with two attached hydrogens (primary N) is 1. The average Bonchev–Trinajstić information content (AvgIpc) is 2.67. The SMILES string of the molecule is Cc1ccc([C@H]2[C@H]3CN(C(C)C)CC=C3C(C#N)=C(N)C2(C#N)C#N)cc1. The number of aryl methyl sites for hydroxylation is 1. The highest BCUT2D eigenvalue weighted by Gasteiger charge is 2.54. The van der Waals surface area contributed by atoms with E-state index in [9.17, 15) is 15.8 Å². The minimum absolute atomic E-state index is 0.0843. The third-order valence-electron chi connectivity index (χ3n) is 5.86. The molecule has 136 valence electrons. The van der Waals surface area contributed by atoms with Gasteiger partial charge in [-0.3, -0.25) is 4.90 Å². The van der Waals surface area contributed by atoms with Gasteiger partial charge in [-0.15, -0.1) is 0 Å². The highest BCUT2D eigenvalue weighted by Crippen LogP contribution is 2.54. The second kappa shape index (κ2) is 6.92. The number of hydrogen-bond donors (Lipinski definition) is 1. The number of fused-ring (bicyclic) bond motifs is 1. The summed E-state index contributed by atoms with van der Waals surface area (Å²) in [7, 11) is 0. The summed E-state index contributed by atoms with van der Waals surface area (Å²) in [5, 5.41) is 29.8. The molecule has 5 nitrogen and oxygen atoms in total. The molecule has 0 saturated carbocycles. The van der Waals surface area contributed by atoms with Crippen molar-refractivity contribution in [3.63, 3.8) is 0 Å². The minimum atomic E-state index is -1.55. The van der Waals surface area contributed by atoms with Crippen molar-refractivity contribution in [1.29, 1.82) is 15.8 Å². The van der Waals surface area contributed by atoms with E-state index < -0.39 is 11.3 Å². The van der Waals surface area contributed by atoms with Gasteiger partial charge in [-0.1, -0.05) is 35.9 Å². The van der Waals surface area contributed by atoms with Gasteiger partial charge in [-0.05, 0) is 31.9 Å². The zero-order valence-electron chi connectivity index (χ0n) is 15.9. The van der Waals surface area contributed by atoms with Crippen LogP contribution in [0.15, 0.2) is 47.2 Å². The Hall–Kier alpha value is -3.07. The molecule has 1 aromatic carbocycles. The van der Waals surface area contributed by atoms with E-state index in [1.54, 1.807) is 0 Å². The van der Waals surface area contributed by atoms with Crippen LogP contribution in [0.3, 0.4) is 0 Å². The maximum atomic E-state index is 10.0. The molecule has 0 unspecified atom stereocenters. The van der Waals surface area contributed by atoms with Gasteiger partial charge in [0.05, 0.1) is 23.4 Å². The molecular weight excluding hydrogens is 334 g/mol. The van der Waals surface area contributed by atoms with Gasteiger partial charge in [0.1, 0.15) is 6.07 Å². The van der Waals surface area contributed by atoms with Crippen molar-refractivity contribution >= 4 is 0 Å². The lowest BCUT2D eigenvalue weighted by atomic mass is 9.58. The van der Waals surface area contributed by atoms with Crippen molar-refractivity contribution in [3.8, 4) is 18.2 Å². The molecule has 1 aromatic rings. The molecular formula is C22H23N5. The zero-order valence-corrected chi connectivity index (χ0v) is 15.9. The Balaban J connectivity index is 2.29. The van der Waals surface area contributed by atoms with Crippen molar-refractivity contribution in [2.75, 3.05) is 13.1 Å². The molecule has 0 radical (unpaired) electrons. The van der Waals surface area contributed by atoms with Crippen molar-refractivity contribution < 1.29 is 0 Å². The Bertz CT molecular complexity index is 917. The third kappa shape index (κ3) is 2.80. The van der Waals surface area contributed by atoms with Crippen LogP contribution in [0.5, 0.6) is 0 Å². The van der Waals surface area contributed by atoms with E-state index in [-0.39, 0.29) is 11.6 Å². The standard InChI is InChI=1S/C22H23N5/c1-14(2)27-9-8-17-18(10-23)21(26)22(12-24,13-25)20(19(17)11-27)16-6-4-15(3)5-7-16/h4-8,14,19-20H,9,11,26H2,1-3H3/t19-,20-/m0/s1. The second-order valence-electron chi connectivity index (χ2n) is 7.63. The van der Waals surface area contributed by atoms with E-state index in [1.807, 2.05) is 37.3 Å². The number of hydrogen-bond acceptors (Lipinski definition) is 5. The molecule has 0 saturated heterocycles. The smallest absolute Gasteiger partial charge is 0.191 e. The number of benzene rings is 1. The van der Waals surface area contributed by atoms with E-state index in [0.717, 1.165) is 23.2 Å². The lowest BCUT2D eigenvalue weighted by Gasteiger charge is -2.46. The number of nitriles is 3. The molecule has 27 heavy (non-hydrogen) atoms. The van der Waals surface area contributed by atoms with E-state index in [1.165, 1.54) is 0 Å². The van der Waals surface area contributed by atoms with Gasteiger partial charge >= 0.3 is 0 Å². The first kappa shape index (κ1) is 18.7. The van der Waals surface area contributed by atoms with Crippen LogP contribution in [0.2, 0.25) is 0 Å². The van der Waals surface area contributed by atoms with E-state index in [2.05, 4.69) is 37.0 Å². The first-order chi connectivity index (χ1) is 12.9. The maximum Gasteiger partial charge on any atom is 0.191 e. The molecule has 1 heterocycles. The van der Waals surface area contributed by atoms with Gasteiger partial charge in [-0.2, -0.15) is 15.8 Å². The van der Waals surface area contributed by atoms with Crippen LogP contribution < -0.4 is 5.73 Å². The fourth-order valence-corrected chi connectivity index (χ4v) is 4.27. The van der Waals surface area contributed by atoms with Gasteiger partial charge in [0.25, 0.3) is 0 Å². The highest BCUT2D eigenvalue weighted by molar-refractivity contribution is 5.59. The topological polar surface area (TPSA) is 101 Å². The maximum absolute atomic E-state index is 10.0. The predicted octanol–water partition coefficient (Wildman–Crippen LogP) is 3.13. The van der Waals surface area contributed by atoms with Gasteiger partial charge in [0.15, 0.2) is 5.41 Å². The summed E-state index contributed by atoms with van der Waals surface area (Å²) in [6, 6.07) is 14.8. The minimum Gasteiger partial charge on any atom is -0.399 e. The molecule has 0 bridgehead atoms. The Morgan fingerprint density at radius 1 is 1.15 bits per heavy atom. The first-order valence-corrected chi connectivity index (χ1v) is 9.13. The van der Waals surface area contributed by atoms with Crippen molar-refractivity contribution in [1.82, 2.24) is 4.90 Å². The number of nitrogens with zero attached hydrogens (tertiary/aromatic N) is 4. The summed E-state index contributed by atoms with van der Waals surface area (Å²) in [5.41, 5.74) is 8.03. The third-order valence-corrected chi connectivity index (χ3v) is 5.86. The summed E-state index contributed by atoms with van der Waals surface area (Å²) in [5.74, 6) is -0.553. The summed E-state index contributed by atoms with van der Waals surface area (Å²) in [4.78, 5) is 2.30. The van der Waals surface area contributed by atoms with Gasteiger partial charge in [-0.25, -0.2) is 0 Å². The average molecular weight is 357 g/mol. The number of rotatable bonds is 2. The Labute approximate surface area is 160 Å². The molecule has 0 spiro atoms. The van der Waals surface area contributed by atoms with Crippen LogP contribution in [-0.2, 0) is 0 Å². The summed E-state index contributed by atoms with van der Waals surface area (Å²) >= 11 is 0. The van der Waals surface area contributed by atoms with Crippen LogP contribution in [0.1, 0.15) is 30.9 Å². The molecule has 1 aliphatic heterocycles. The normalized spacial score (nSPS) is 24.4. The summed E-state index contributed by atoms with van der Waals surface area (Å²) < 4.78 is 0. The Morgan fingerprint density at radius 2 is 1.78 bits per heavy atom. The largest absolute Gasteiger partial charge is 0.399 e. The molecule has 3 rings (SSSR count). The van der Waals surface area contributed by atoms with E-state index in [0.29, 0.717) is 18.2 Å². The van der Waals surface area contributed by atoms with Crippen LogP contribution in [0.4, 0.5) is 0 Å². The first-order valence-electron chi connectivity index (χ1n) is 9.13. The van der Waals surface area contributed by atoms with Crippen LogP contribution in [-0.4, -0.2) is 24.0 Å².